The van der Waals surface area contributed by atoms with Crippen molar-refractivity contribution in [1.82, 2.24) is 19.9 Å². The highest BCUT2D eigenvalue weighted by Crippen LogP contribution is 2.22. The fourth-order valence-electron chi connectivity index (χ4n) is 3.68. The Morgan fingerprint density at radius 3 is 2.55 bits per heavy atom. The summed E-state index contributed by atoms with van der Waals surface area (Å²) < 4.78 is 0. The van der Waals surface area contributed by atoms with Crippen molar-refractivity contribution >= 4 is 5.95 Å². The molecule has 1 aliphatic rings. The first-order valence-corrected chi connectivity index (χ1v) is 9.89. The summed E-state index contributed by atoms with van der Waals surface area (Å²) in [6.07, 6.45) is 3.44. The molecule has 0 bridgehead atoms. The Kier molecular flexibility index (Phi) is 5.78. The fourth-order valence-corrected chi connectivity index (χ4v) is 3.68. The SMILES string of the molecule is Cc1cccc(CN2CCN(c3nccc(C(C#N)c4ccccn4)n3)CC2)c1. The maximum atomic E-state index is 9.66. The van der Waals surface area contributed by atoms with Crippen LogP contribution in [0.3, 0.4) is 0 Å². The molecule has 0 saturated carbocycles. The van der Waals surface area contributed by atoms with E-state index in [0.29, 0.717) is 17.3 Å². The number of hydrogen-bond donors (Lipinski definition) is 0. The van der Waals surface area contributed by atoms with E-state index in [2.05, 4.69) is 57.0 Å². The van der Waals surface area contributed by atoms with Gasteiger partial charge in [0.05, 0.1) is 17.5 Å². The summed E-state index contributed by atoms with van der Waals surface area (Å²) in [4.78, 5) is 18.1. The zero-order valence-corrected chi connectivity index (χ0v) is 16.6. The van der Waals surface area contributed by atoms with Crippen molar-refractivity contribution in [3.05, 3.63) is 83.4 Å². The van der Waals surface area contributed by atoms with E-state index in [0.717, 1.165) is 32.7 Å². The molecule has 6 nitrogen and oxygen atoms in total. The predicted molar refractivity (Wildman–Crippen MR) is 112 cm³/mol. The third kappa shape index (κ3) is 4.58. The second-order valence-electron chi connectivity index (χ2n) is 7.35. The minimum Gasteiger partial charge on any atom is -0.338 e. The number of piperazine rings is 1. The van der Waals surface area contributed by atoms with E-state index < -0.39 is 5.92 Å². The van der Waals surface area contributed by atoms with Crippen LogP contribution in [0.5, 0.6) is 0 Å². The van der Waals surface area contributed by atoms with Gasteiger partial charge in [-0.15, -0.1) is 0 Å². The van der Waals surface area contributed by atoms with Crippen LogP contribution >= 0.6 is 0 Å². The standard InChI is InChI=1S/C23H24N6/c1-18-5-4-6-19(15-18)17-28-11-13-29(14-12-28)23-26-10-8-22(27-23)20(16-24)21-7-2-3-9-25-21/h2-10,15,20H,11-14,17H2,1H3. The molecule has 1 fully saturated rings. The predicted octanol–water partition coefficient (Wildman–Crippen LogP) is 3.16. The van der Waals surface area contributed by atoms with Crippen molar-refractivity contribution in [2.75, 3.05) is 31.1 Å². The highest BCUT2D eigenvalue weighted by molar-refractivity contribution is 5.36. The number of hydrogen-bond acceptors (Lipinski definition) is 6. The third-order valence-corrected chi connectivity index (χ3v) is 5.22. The van der Waals surface area contributed by atoms with Crippen LogP contribution in [0.15, 0.2) is 60.9 Å². The quantitative estimate of drug-likeness (QED) is 0.673. The second kappa shape index (κ2) is 8.80. The molecule has 0 N–H and O–H groups in total. The molecular formula is C23H24N6. The molecule has 3 heterocycles. The lowest BCUT2D eigenvalue weighted by Gasteiger charge is -2.34. The van der Waals surface area contributed by atoms with Gasteiger partial charge in [0.15, 0.2) is 0 Å². The number of nitrogens with zero attached hydrogens (tertiary/aromatic N) is 6. The summed E-state index contributed by atoms with van der Waals surface area (Å²) in [6.45, 7) is 6.76. The van der Waals surface area contributed by atoms with Crippen LogP contribution in [0.25, 0.3) is 0 Å². The molecule has 1 atom stereocenters. The molecule has 1 unspecified atom stereocenters. The molecule has 4 rings (SSSR count). The topological polar surface area (TPSA) is 68.9 Å². The van der Waals surface area contributed by atoms with Crippen LogP contribution in [-0.4, -0.2) is 46.0 Å². The van der Waals surface area contributed by atoms with Gasteiger partial charge >= 0.3 is 0 Å². The van der Waals surface area contributed by atoms with Gasteiger partial charge in [0.25, 0.3) is 0 Å². The molecule has 1 saturated heterocycles. The van der Waals surface area contributed by atoms with Crippen molar-refractivity contribution < 1.29 is 0 Å². The molecule has 1 aromatic carbocycles. The van der Waals surface area contributed by atoms with Crippen molar-refractivity contribution in [2.45, 2.75) is 19.4 Å². The summed E-state index contributed by atoms with van der Waals surface area (Å²) in [5.41, 5.74) is 4.05. The largest absolute Gasteiger partial charge is 0.338 e. The molecule has 1 aliphatic heterocycles. The highest BCUT2D eigenvalue weighted by Gasteiger charge is 2.22. The summed E-state index contributed by atoms with van der Waals surface area (Å²) in [6, 6.07) is 18.4. The van der Waals surface area contributed by atoms with Gasteiger partial charge in [-0.05, 0) is 30.7 Å². The Bertz CT molecular complexity index is 990. The minimum absolute atomic E-state index is 0.486. The van der Waals surface area contributed by atoms with Gasteiger partial charge in [0.2, 0.25) is 5.95 Å². The van der Waals surface area contributed by atoms with E-state index in [1.165, 1.54) is 11.1 Å². The smallest absolute Gasteiger partial charge is 0.225 e. The Morgan fingerprint density at radius 1 is 0.966 bits per heavy atom. The van der Waals surface area contributed by atoms with E-state index in [1.54, 1.807) is 18.5 Å². The lowest BCUT2D eigenvalue weighted by Crippen LogP contribution is -2.46. The van der Waals surface area contributed by atoms with Gasteiger partial charge in [-0.25, -0.2) is 9.97 Å². The maximum Gasteiger partial charge on any atom is 0.225 e. The number of nitriles is 1. The number of benzene rings is 1. The summed E-state index contributed by atoms with van der Waals surface area (Å²) in [7, 11) is 0. The summed E-state index contributed by atoms with van der Waals surface area (Å²) in [5, 5.41) is 9.66. The van der Waals surface area contributed by atoms with E-state index in [9.17, 15) is 5.26 Å². The van der Waals surface area contributed by atoms with E-state index in [1.807, 2.05) is 18.2 Å². The molecule has 0 radical (unpaired) electrons. The molecule has 29 heavy (non-hydrogen) atoms. The number of aromatic nitrogens is 3. The molecular weight excluding hydrogens is 360 g/mol. The molecule has 0 spiro atoms. The third-order valence-electron chi connectivity index (χ3n) is 5.22. The first-order valence-electron chi connectivity index (χ1n) is 9.89. The molecule has 6 heteroatoms. The zero-order valence-electron chi connectivity index (χ0n) is 16.6. The zero-order chi connectivity index (χ0) is 20.1. The van der Waals surface area contributed by atoms with Gasteiger partial charge in [-0.1, -0.05) is 35.9 Å². The first kappa shape index (κ1) is 19.0. The summed E-state index contributed by atoms with van der Waals surface area (Å²) >= 11 is 0. The van der Waals surface area contributed by atoms with Crippen molar-refractivity contribution in [1.29, 1.82) is 5.26 Å². The summed E-state index contributed by atoms with van der Waals surface area (Å²) in [5.74, 6) is 0.203. The van der Waals surface area contributed by atoms with E-state index >= 15 is 0 Å². The number of anilines is 1. The highest BCUT2D eigenvalue weighted by atomic mass is 15.3. The first-order chi connectivity index (χ1) is 14.2. The number of rotatable bonds is 5. The minimum atomic E-state index is -0.486. The molecule has 2 aromatic heterocycles. The number of aryl methyl sites for hydroxylation is 1. The van der Waals surface area contributed by atoms with Crippen LogP contribution in [0.4, 0.5) is 5.95 Å². The van der Waals surface area contributed by atoms with Crippen LogP contribution in [0, 0.1) is 18.3 Å². The van der Waals surface area contributed by atoms with Gasteiger partial charge < -0.3 is 4.90 Å². The molecule has 0 amide bonds. The average Bonchev–Trinajstić information content (AvgIpc) is 2.76. The van der Waals surface area contributed by atoms with E-state index in [-0.39, 0.29) is 0 Å². The van der Waals surface area contributed by atoms with Gasteiger partial charge in [-0.2, -0.15) is 5.26 Å². The van der Waals surface area contributed by atoms with Crippen molar-refractivity contribution in [2.24, 2.45) is 0 Å². The molecule has 0 aliphatic carbocycles. The Balaban J connectivity index is 1.43. The lowest BCUT2D eigenvalue weighted by molar-refractivity contribution is 0.248. The molecule has 3 aromatic rings. The van der Waals surface area contributed by atoms with Gasteiger partial charge in [0.1, 0.15) is 5.92 Å². The van der Waals surface area contributed by atoms with Crippen molar-refractivity contribution in [3.8, 4) is 6.07 Å². The van der Waals surface area contributed by atoms with E-state index in [4.69, 9.17) is 4.98 Å². The normalized spacial score (nSPS) is 15.7. The van der Waals surface area contributed by atoms with Gasteiger partial charge in [-0.3, -0.25) is 9.88 Å². The fraction of sp³-hybridized carbons (Fsp3) is 0.304. The Morgan fingerprint density at radius 2 is 1.83 bits per heavy atom. The second-order valence-corrected chi connectivity index (χ2v) is 7.35. The monoisotopic (exact) mass is 384 g/mol. The van der Waals surface area contributed by atoms with Crippen LogP contribution < -0.4 is 4.90 Å². The van der Waals surface area contributed by atoms with Crippen molar-refractivity contribution in [3.63, 3.8) is 0 Å². The lowest BCUT2D eigenvalue weighted by atomic mass is 10.0. The maximum absolute atomic E-state index is 9.66. The van der Waals surface area contributed by atoms with Crippen LogP contribution in [-0.2, 0) is 6.54 Å². The Hall–Kier alpha value is -3.30. The molecule has 146 valence electrons. The van der Waals surface area contributed by atoms with Gasteiger partial charge in [0, 0.05) is 45.1 Å². The van der Waals surface area contributed by atoms with Crippen LogP contribution in [0.1, 0.15) is 28.4 Å². The van der Waals surface area contributed by atoms with Crippen LogP contribution in [0.2, 0.25) is 0 Å². The Labute approximate surface area is 171 Å². The number of pyridine rings is 1. The average molecular weight is 384 g/mol.